The summed E-state index contributed by atoms with van der Waals surface area (Å²) in [5, 5.41) is 12.8. The van der Waals surface area contributed by atoms with Crippen molar-refractivity contribution in [3.05, 3.63) is 53.6 Å². The molecule has 1 heterocycles. The Labute approximate surface area is 152 Å². The van der Waals surface area contributed by atoms with E-state index in [2.05, 4.69) is 15.1 Å². The van der Waals surface area contributed by atoms with Crippen LogP contribution in [-0.2, 0) is 4.79 Å². The van der Waals surface area contributed by atoms with Gasteiger partial charge >= 0.3 is 0 Å². The molecule has 0 saturated carbocycles. The summed E-state index contributed by atoms with van der Waals surface area (Å²) in [5.74, 6) is 0.221. The van der Waals surface area contributed by atoms with Crippen LogP contribution in [0.3, 0.4) is 0 Å². The lowest BCUT2D eigenvalue weighted by Gasteiger charge is -2.38. The van der Waals surface area contributed by atoms with E-state index in [0.717, 1.165) is 31.9 Å². The number of hydrogen-bond donors (Lipinski definition) is 2. The van der Waals surface area contributed by atoms with Gasteiger partial charge in [0.2, 0.25) is 5.91 Å². The van der Waals surface area contributed by atoms with Crippen LogP contribution in [0.2, 0.25) is 5.02 Å². The predicted molar refractivity (Wildman–Crippen MR) is 101 cm³/mol. The number of para-hydroxylation sites is 1. The fourth-order valence-electron chi connectivity index (χ4n) is 3.00. The lowest BCUT2D eigenvalue weighted by Crippen LogP contribution is -2.52. The van der Waals surface area contributed by atoms with Crippen LogP contribution in [0, 0.1) is 0 Å². The Morgan fingerprint density at radius 1 is 1.08 bits per heavy atom. The highest BCUT2D eigenvalue weighted by Crippen LogP contribution is 2.22. The molecule has 1 fully saturated rings. The molecule has 25 heavy (non-hydrogen) atoms. The molecule has 1 atom stereocenters. The van der Waals surface area contributed by atoms with Crippen LogP contribution >= 0.6 is 11.6 Å². The zero-order valence-corrected chi connectivity index (χ0v) is 14.9. The zero-order chi connectivity index (χ0) is 17.8. The lowest BCUT2D eigenvalue weighted by atomic mass is 10.2. The largest absolute Gasteiger partial charge is 0.508 e. The van der Waals surface area contributed by atoms with Gasteiger partial charge < -0.3 is 15.3 Å². The van der Waals surface area contributed by atoms with Crippen molar-refractivity contribution in [2.75, 3.05) is 36.4 Å². The van der Waals surface area contributed by atoms with Crippen molar-refractivity contribution in [3.8, 4) is 5.75 Å². The average Bonchev–Trinajstić information content (AvgIpc) is 2.64. The van der Waals surface area contributed by atoms with E-state index in [9.17, 15) is 9.90 Å². The second kappa shape index (κ2) is 7.76. The number of carbonyl (C=O) groups excluding carboxylic acids is 1. The van der Waals surface area contributed by atoms with Gasteiger partial charge in [0, 0.05) is 31.9 Å². The van der Waals surface area contributed by atoms with Crippen molar-refractivity contribution in [1.29, 1.82) is 0 Å². The second-order valence-electron chi connectivity index (χ2n) is 6.18. The molecule has 2 aromatic carbocycles. The minimum absolute atomic E-state index is 0.0498. The number of phenols is 1. The zero-order valence-electron chi connectivity index (χ0n) is 14.2. The molecule has 1 amide bonds. The summed E-state index contributed by atoms with van der Waals surface area (Å²) < 4.78 is 0. The summed E-state index contributed by atoms with van der Waals surface area (Å²) in [6.07, 6.45) is 0. The highest BCUT2D eigenvalue weighted by molar-refractivity contribution is 6.33. The molecule has 0 aliphatic carbocycles. The molecule has 3 rings (SSSR count). The van der Waals surface area contributed by atoms with E-state index in [1.807, 2.05) is 31.2 Å². The van der Waals surface area contributed by atoms with Crippen molar-refractivity contribution < 1.29 is 9.90 Å². The van der Waals surface area contributed by atoms with Gasteiger partial charge in [-0.15, -0.1) is 0 Å². The highest BCUT2D eigenvalue weighted by Gasteiger charge is 2.26. The Hall–Kier alpha value is -2.24. The Morgan fingerprint density at radius 3 is 2.36 bits per heavy atom. The summed E-state index contributed by atoms with van der Waals surface area (Å²) in [6.45, 7) is 5.21. The monoisotopic (exact) mass is 359 g/mol. The van der Waals surface area contributed by atoms with Gasteiger partial charge in [-0.05, 0) is 43.3 Å². The first-order chi connectivity index (χ1) is 12.0. The van der Waals surface area contributed by atoms with Gasteiger partial charge in [-0.1, -0.05) is 23.7 Å². The van der Waals surface area contributed by atoms with Crippen LogP contribution in [0.15, 0.2) is 48.5 Å². The Morgan fingerprint density at radius 2 is 1.72 bits per heavy atom. The van der Waals surface area contributed by atoms with E-state index in [4.69, 9.17) is 11.6 Å². The lowest BCUT2D eigenvalue weighted by molar-refractivity contribution is -0.120. The predicted octanol–water partition coefficient (Wildman–Crippen LogP) is 3.19. The van der Waals surface area contributed by atoms with Crippen LogP contribution in [0.5, 0.6) is 5.75 Å². The number of hydrogen-bond acceptors (Lipinski definition) is 4. The third-order valence-electron chi connectivity index (χ3n) is 4.59. The maximum absolute atomic E-state index is 12.5. The molecule has 0 bridgehead atoms. The molecule has 2 aromatic rings. The summed E-state index contributed by atoms with van der Waals surface area (Å²) >= 11 is 6.10. The van der Waals surface area contributed by atoms with Gasteiger partial charge in [0.25, 0.3) is 0 Å². The van der Waals surface area contributed by atoms with Gasteiger partial charge in [-0.25, -0.2) is 0 Å². The van der Waals surface area contributed by atoms with Crippen molar-refractivity contribution in [2.24, 2.45) is 0 Å². The van der Waals surface area contributed by atoms with Crippen molar-refractivity contribution >= 4 is 28.9 Å². The van der Waals surface area contributed by atoms with Gasteiger partial charge in [0.15, 0.2) is 0 Å². The van der Waals surface area contributed by atoms with Crippen LogP contribution in [0.1, 0.15) is 6.92 Å². The number of nitrogens with one attached hydrogen (secondary N) is 1. The summed E-state index contributed by atoms with van der Waals surface area (Å²) in [5.41, 5.74) is 1.73. The van der Waals surface area contributed by atoms with Gasteiger partial charge in [0.05, 0.1) is 16.8 Å². The van der Waals surface area contributed by atoms with E-state index < -0.39 is 0 Å². The van der Waals surface area contributed by atoms with Crippen LogP contribution in [-0.4, -0.2) is 48.1 Å². The number of aromatic hydroxyl groups is 1. The third-order valence-corrected chi connectivity index (χ3v) is 4.92. The Bertz CT molecular complexity index is 728. The molecule has 132 valence electrons. The molecule has 6 heteroatoms. The van der Waals surface area contributed by atoms with Gasteiger partial charge in [-0.2, -0.15) is 0 Å². The molecule has 0 unspecified atom stereocenters. The standard InChI is InChI=1S/C19H22ClN3O2/c1-14(19(25)21-18-5-3-2-4-17(18)20)22-10-12-23(13-11-22)15-6-8-16(24)9-7-15/h2-9,14,24H,10-13H2,1H3,(H,21,25)/t14-/m0/s1. The van der Waals surface area contributed by atoms with E-state index >= 15 is 0 Å². The fourth-order valence-corrected chi connectivity index (χ4v) is 3.18. The summed E-state index contributed by atoms with van der Waals surface area (Å²) in [4.78, 5) is 16.9. The number of halogens is 1. The first-order valence-corrected chi connectivity index (χ1v) is 8.76. The fraction of sp³-hybridized carbons (Fsp3) is 0.316. The maximum atomic E-state index is 12.5. The molecule has 0 radical (unpaired) electrons. The molecular formula is C19H22ClN3O2. The van der Waals surface area contributed by atoms with Crippen LogP contribution < -0.4 is 10.2 Å². The maximum Gasteiger partial charge on any atom is 0.241 e. The van der Waals surface area contributed by atoms with Crippen molar-refractivity contribution in [1.82, 2.24) is 4.90 Å². The Kier molecular flexibility index (Phi) is 5.46. The van der Waals surface area contributed by atoms with Crippen molar-refractivity contribution in [2.45, 2.75) is 13.0 Å². The third kappa shape index (κ3) is 4.24. The van der Waals surface area contributed by atoms with Gasteiger partial charge in [-0.3, -0.25) is 9.69 Å². The summed E-state index contributed by atoms with van der Waals surface area (Å²) in [7, 11) is 0. The molecule has 5 nitrogen and oxygen atoms in total. The molecule has 0 spiro atoms. The van der Waals surface area contributed by atoms with Gasteiger partial charge in [0.1, 0.15) is 5.75 Å². The first-order valence-electron chi connectivity index (χ1n) is 8.38. The van der Waals surface area contributed by atoms with E-state index in [-0.39, 0.29) is 17.7 Å². The Balaban J connectivity index is 1.56. The number of rotatable bonds is 4. The topological polar surface area (TPSA) is 55.8 Å². The number of phenolic OH excluding ortho intramolecular Hbond substituents is 1. The van der Waals surface area contributed by atoms with E-state index in [0.29, 0.717) is 10.7 Å². The molecule has 1 aliphatic rings. The smallest absolute Gasteiger partial charge is 0.241 e. The van der Waals surface area contributed by atoms with E-state index in [1.165, 1.54) is 0 Å². The van der Waals surface area contributed by atoms with Crippen LogP contribution in [0.4, 0.5) is 11.4 Å². The quantitative estimate of drug-likeness (QED) is 0.880. The second-order valence-corrected chi connectivity index (χ2v) is 6.59. The number of carbonyl (C=O) groups is 1. The number of nitrogens with zero attached hydrogens (tertiary/aromatic N) is 2. The number of piperazine rings is 1. The van der Waals surface area contributed by atoms with E-state index in [1.54, 1.807) is 24.3 Å². The number of anilines is 2. The minimum atomic E-state index is -0.224. The molecular weight excluding hydrogens is 338 g/mol. The molecule has 2 N–H and O–H groups in total. The highest BCUT2D eigenvalue weighted by atomic mass is 35.5. The minimum Gasteiger partial charge on any atom is -0.508 e. The van der Waals surface area contributed by atoms with Crippen molar-refractivity contribution in [3.63, 3.8) is 0 Å². The molecule has 0 aromatic heterocycles. The molecule has 1 aliphatic heterocycles. The van der Waals surface area contributed by atoms with Crippen LogP contribution in [0.25, 0.3) is 0 Å². The number of benzene rings is 2. The first kappa shape index (κ1) is 17.6. The number of amides is 1. The summed E-state index contributed by atoms with van der Waals surface area (Å²) in [6, 6.07) is 14.2. The molecule has 1 saturated heterocycles. The SMILES string of the molecule is C[C@@H](C(=O)Nc1ccccc1Cl)N1CCN(c2ccc(O)cc2)CC1. The average molecular weight is 360 g/mol. The normalized spacial score (nSPS) is 16.5.